The van der Waals surface area contributed by atoms with Gasteiger partial charge in [-0.25, -0.2) is 4.79 Å². The van der Waals surface area contributed by atoms with Crippen LogP contribution >= 0.6 is 11.6 Å². The van der Waals surface area contributed by atoms with Gasteiger partial charge < -0.3 is 29.6 Å². The van der Waals surface area contributed by atoms with Crippen LogP contribution in [0.2, 0.25) is 5.02 Å². The van der Waals surface area contributed by atoms with Crippen molar-refractivity contribution in [3.05, 3.63) is 47.0 Å². The number of carbonyl (C=O) groups is 2. The summed E-state index contributed by atoms with van der Waals surface area (Å²) in [4.78, 5) is 26.4. The summed E-state index contributed by atoms with van der Waals surface area (Å²) >= 11 is 6.06. The molecule has 0 radical (unpaired) electrons. The van der Waals surface area contributed by atoms with E-state index < -0.39 is 5.91 Å². The van der Waals surface area contributed by atoms with Crippen LogP contribution in [0.15, 0.2) is 45.3 Å². The van der Waals surface area contributed by atoms with Crippen molar-refractivity contribution in [1.82, 2.24) is 15.4 Å². The van der Waals surface area contributed by atoms with E-state index in [-0.39, 0.29) is 29.3 Å². The highest BCUT2D eigenvalue weighted by atomic mass is 35.5. The second kappa shape index (κ2) is 9.35. The van der Waals surface area contributed by atoms with Crippen molar-refractivity contribution < 1.29 is 23.3 Å². The topological polar surface area (TPSA) is 124 Å². The second-order valence-corrected chi connectivity index (χ2v) is 7.81. The molecule has 3 aromatic rings. The SMILES string of the molecule is CCOC(=O)N1CCC(NC(=O)c2c(-c3ccc(-c4cccc(Cl)c4)o3)noc2N)CC1. The van der Waals surface area contributed by atoms with Gasteiger partial charge in [0.2, 0.25) is 5.88 Å². The summed E-state index contributed by atoms with van der Waals surface area (Å²) in [5.74, 6) is 0.417. The van der Waals surface area contributed by atoms with Crippen molar-refractivity contribution in [3.8, 4) is 22.8 Å². The van der Waals surface area contributed by atoms with E-state index in [0.717, 1.165) is 5.56 Å². The molecule has 0 atom stereocenters. The molecule has 1 fully saturated rings. The monoisotopic (exact) mass is 458 g/mol. The number of anilines is 1. The average Bonchev–Trinajstić information content (AvgIpc) is 3.41. The van der Waals surface area contributed by atoms with Gasteiger partial charge >= 0.3 is 6.09 Å². The lowest BCUT2D eigenvalue weighted by Gasteiger charge is -2.31. The fraction of sp³-hybridized carbons (Fsp3) is 0.318. The van der Waals surface area contributed by atoms with Crippen molar-refractivity contribution >= 4 is 29.5 Å². The van der Waals surface area contributed by atoms with Crippen molar-refractivity contribution in [1.29, 1.82) is 0 Å². The lowest BCUT2D eigenvalue weighted by atomic mass is 10.0. The molecule has 0 spiro atoms. The molecule has 1 aliphatic rings. The van der Waals surface area contributed by atoms with E-state index in [1.807, 2.05) is 12.1 Å². The normalized spacial score (nSPS) is 14.4. The van der Waals surface area contributed by atoms with Gasteiger partial charge in [-0.1, -0.05) is 28.9 Å². The molecule has 3 N–H and O–H groups in total. The minimum absolute atomic E-state index is 0.0952. The molecule has 1 saturated heterocycles. The maximum absolute atomic E-state index is 13.0. The Hall–Kier alpha value is -3.46. The number of nitrogen functional groups attached to an aromatic ring is 1. The zero-order valence-corrected chi connectivity index (χ0v) is 18.2. The first-order valence-electron chi connectivity index (χ1n) is 10.3. The third kappa shape index (κ3) is 4.57. The van der Waals surface area contributed by atoms with Gasteiger partial charge in [0, 0.05) is 29.7 Å². The van der Waals surface area contributed by atoms with E-state index in [9.17, 15) is 9.59 Å². The van der Waals surface area contributed by atoms with Crippen LogP contribution in [-0.2, 0) is 4.74 Å². The summed E-state index contributed by atoms with van der Waals surface area (Å²) in [5, 5.41) is 7.47. The van der Waals surface area contributed by atoms with Crippen LogP contribution in [-0.4, -0.2) is 47.8 Å². The smallest absolute Gasteiger partial charge is 0.409 e. The summed E-state index contributed by atoms with van der Waals surface area (Å²) in [6, 6.07) is 10.6. The number of ether oxygens (including phenoxy) is 1. The summed E-state index contributed by atoms with van der Waals surface area (Å²) in [6.45, 7) is 3.09. The lowest BCUT2D eigenvalue weighted by Crippen LogP contribution is -2.46. The molecule has 2 aromatic heterocycles. The van der Waals surface area contributed by atoms with Gasteiger partial charge in [0.1, 0.15) is 11.3 Å². The largest absolute Gasteiger partial charge is 0.454 e. The summed E-state index contributed by atoms with van der Waals surface area (Å²) in [7, 11) is 0. The number of nitrogens with zero attached hydrogens (tertiary/aromatic N) is 2. The van der Waals surface area contributed by atoms with Crippen LogP contribution in [0.3, 0.4) is 0 Å². The number of benzene rings is 1. The van der Waals surface area contributed by atoms with E-state index in [1.54, 1.807) is 36.1 Å². The number of hydrogen-bond acceptors (Lipinski definition) is 7. The highest BCUT2D eigenvalue weighted by Gasteiger charge is 2.29. The fourth-order valence-corrected chi connectivity index (χ4v) is 3.82. The van der Waals surface area contributed by atoms with Gasteiger partial charge in [0.25, 0.3) is 5.91 Å². The van der Waals surface area contributed by atoms with Gasteiger partial charge in [0.05, 0.1) is 6.61 Å². The Bertz CT molecular complexity index is 1120. The van der Waals surface area contributed by atoms with Crippen LogP contribution in [0.4, 0.5) is 10.7 Å². The Morgan fingerprint density at radius 2 is 2.00 bits per heavy atom. The summed E-state index contributed by atoms with van der Waals surface area (Å²) in [5.41, 5.74) is 7.03. The molecule has 0 bridgehead atoms. The molecule has 4 rings (SSSR count). The number of furan rings is 1. The molecule has 1 aliphatic heterocycles. The minimum atomic E-state index is -0.408. The Labute approximate surface area is 189 Å². The number of amides is 2. The molecular weight excluding hydrogens is 436 g/mol. The number of halogens is 1. The highest BCUT2D eigenvalue weighted by molar-refractivity contribution is 6.30. The molecule has 2 amide bonds. The summed E-state index contributed by atoms with van der Waals surface area (Å²) < 4.78 is 16.0. The predicted molar refractivity (Wildman–Crippen MR) is 118 cm³/mol. The van der Waals surface area contributed by atoms with Gasteiger partial charge in [-0.3, -0.25) is 4.79 Å². The van der Waals surface area contributed by atoms with E-state index in [0.29, 0.717) is 49.1 Å². The van der Waals surface area contributed by atoms with Crippen LogP contribution in [0.5, 0.6) is 0 Å². The van der Waals surface area contributed by atoms with Crippen LogP contribution < -0.4 is 11.1 Å². The fourth-order valence-electron chi connectivity index (χ4n) is 3.63. The van der Waals surface area contributed by atoms with Crippen molar-refractivity contribution in [2.24, 2.45) is 0 Å². The molecular formula is C22H23ClN4O5. The van der Waals surface area contributed by atoms with Gasteiger partial charge in [0.15, 0.2) is 11.5 Å². The molecule has 0 saturated carbocycles. The van der Waals surface area contributed by atoms with E-state index >= 15 is 0 Å². The molecule has 0 unspecified atom stereocenters. The Kier molecular flexibility index (Phi) is 6.36. The van der Waals surface area contributed by atoms with Crippen molar-refractivity contribution in [2.75, 3.05) is 25.4 Å². The number of nitrogens with one attached hydrogen (secondary N) is 1. The lowest BCUT2D eigenvalue weighted by molar-refractivity contribution is 0.0860. The first-order chi connectivity index (χ1) is 15.5. The third-order valence-corrected chi connectivity index (χ3v) is 5.49. The van der Waals surface area contributed by atoms with Gasteiger partial charge in [-0.15, -0.1) is 0 Å². The summed E-state index contributed by atoms with van der Waals surface area (Å²) in [6.07, 6.45) is 0.867. The molecule has 10 heteroatoms. The maximum Gasteiger partial charge on any atom is 0.409 e. The molecule has 32 heavy (non-hydrogen) atoms. The Morgan fingerprint density at radius 1 is 1.25 bits per heavy atom. The average molecular weight is 459 g/mol. The van der Waals surface area contributed by atoms with Crippen LogP contribution in [0, 0.1) is 0 Å². The molecule has 168 valence electrons. The quantitative estimate of drug-likeness (QED) is 0.587. The number of nitrogens with two attached hydrogens (primary N) is 1. The molecule has 9 nitrogen and oxygen atoms in total. The zero-order chi connectivity index (χ0) is 22.7. The number of rotatable bonds is 5. The van der Waals surface area contributed by atoms with Crippen molar-refractivity contribution in [2.45, 2.75) is 25.8 Å². The standard InChI is InChI=1S/C22H23ClN4O5/c1-2-30-22(29)27-10-8-15(9-11-27)25-21(28)18-19(26-32-20(18)24)17-7-6-16(31-17)13-4-3-5-14(23)12-13/h3-7,12,15H,2,8-11,24H2,1H3,(H,25,28). The number of likely N-dealkylation sites (tertiary alicyclic amines) is 1. The minimum Gasteiger partial charge on any atom is -0.454 e. The van der Waals surface area contributed by atoms with E-state index in [2.05, 4.69) is 10.5 Å². The van der Waals surface area contributed by atoms with Gasteiger partial charge in [-0.2, -0.15) is 0 Å². The van der Waals surface area contributed by atoms with Crippen molar-refractivity contribution in [3.63, 3.8) is 0 Å². The van der Waals surface area contributed by atoms with Gasteiger partial charge in [-0.05, 0) is 44.0 Å². The highest BCUT2D eigenvalue weighted by Crippen LogP contribution is 2.33. The van der Waals surface area contributed by atoms with Crippen LogP contribution in [0.1, 0.15) is 30.1 Å². The Balaban J connectivity index is 1.47. The Morgan fingerprint density at radius 3 is 2.72 bits per heavy atom. The zero-order valence-electron chi connectivity index (χ0n) is 17.5. The second-order valence-electron chi connectivity index (χ2n) is 7.38. The number of carbonyl (C=O) groups excluding carboxylic acids is 2. The molecule has 3 heterocycles. The van der Waals surface area contributed by atoms with E-state index in [1.165, 1.54) is 0 Å². The molecule has 0 aliphatic carbocycles. The number of aromatic nitrogens is 1. The molecule has 1 aromatic carbocycles. The number of piperidine rings is 1. The first kappa shape index (κ1) is 21.8. The maximum atomic E-state index is 13.0. The predicted octanol–water partition coefficient (Wildman–Crippen LogP) is 4.19. The first-order valence-corrected chi connectivity index (χ1v) is 10.7. The van der Waals surface area contributed by atoms with Crippen LogP contribution in [0.25, 0.3) is 22.8 Å². The van der Waals surface area contributed by atoms with E-state index in [4.69, 9.17) is 31.0 Å². The third-order valence-electron chi connectivity index (χ3n) is 5.25. The number of hydrogen-bond donors (Lipinski definition) is 2.